The van der Waals surface area contributed by atoms with E-state index < -0.39 is 11.2 Å². The molecule has 7 heteroatoms. The van der Waals surface area contributed by atoms with Crippen LogP contribution in [0, 0.1) is 0 Å². The van der Waals surface area contributed by atoms with Crippen LogP contribution in [0.4, 0.5) is 5.69 Å². The third-order valence-corrected chi connectivity index (χ3v) is 3.92. The predicted octanol–water partition coefficient (Wildman–Crippen LogP) is 1.98. The second-order valence-electron chi connectivity index (χ2n) is 4.36. The zero-order valence-corrected chi connectivity index (χ0v) is 11.9. The number of aromatic hydroxyl groups is 1. The third kappa shape index (κ3) is 3.63. The molecule has 0 bridgehead atoms. The molecular formula is C14H14N2O4S. The summed E-state index contributed by atoms with van der Waals surface area (Å²) in [7, 11) is 0. The molecular weight excluding hydrogens is 292 g/mol. The summed E-state index contributed by atoms with van der Waals surface area (Å²) in [5.74, 6) is -1.25. The highest BCUT2D eigenvalue weighted by Crippen LogP contribution is 2.32. The number of benzene rings is 1. The number of amidine groups is 1. The molecule has 1 amide bonds. The fourth-order valence-electron chi connectivity index (χ4n) is 1.85. The van der Waals surface area contributed by atoms with E-state index in [9.17, 15) is 14.7 Å². The number of carbonyl (C=O) groups is 2. The molecule has 1 aromatic rings. The van der Waals surface area contributed by atoms with E-state index in [4.69, 9.17) is 5.11 Å². The molecule has 21 heavy (non-hydrogen) atoms. The van der Waals surface area contributed by atoms with Crippen LogP contribution in [0.5, 0.6) is 5.75 Å². The van der Waals surface area contributed by atoms with Gasteiger partial charge >= 0.3 is 5.97 Å². The van der Waals surface area contributed by atoms with Gasteiger partial charge in [-0.05, 0) is 12.1 Å². The average Bonchev–Trinajstić information content (AvgIpc) is 2.67. The molecule has 2 rings (SSSR count). The van der Waals surface area contributed by atoms with Gasteiger partial charge in [-0.2, -0.15) is 0 Å². The lowest BCUT2D eigenvalue weighted by Crippen LogP contribution is -2.32. The van der Waals surface area contributed by atoms with Gasteiger partial charge in [0.15, 0.2) is 5.17 Å². The molecule has 0 aliphatic carbocycles. The minimum absolute atomic E-state index is 0.0727. The lowest BCUT2D eigenvalue weighted by molar-refractivity contribution is -0.139. The SMILES string of the molecule is C=CCN1C(=O)C(CC(=O)O)SC1=Nc1cccc(O)c1. The number of nitrogens with zero attached hydrogens (tertiary/aromatic N) is 2. The van der Waals surface area contributed by atoms with Crippen LogP contribution in [-0.4, -0.2) is 44.0 Å². The quantitative estimate of drug-likeness (QED) is 0.812. The van der Waals surface area contributed by atoms with E-state index in [2.05, 4.69) is 11.6 Å². The van der Waals surface area contributed by atoms with Gasteiger partial charge in [-0.25, -0.2) is 4.99 Å². The van der Waals surface area contributed by atoms with Crippen LogP contribution in [0.2, 0.25) is 0 Å². The normalized spacial score (nSPS) is 20.0. The first-order chi connectivity index (χ1) is 10.0. The zero-order chi connectivity index (χ0) is 15.4. The summed E-state index contributed by atoms with van der Waals surface area (Å²) in [6, 6.07) is 6.32. The van der Waals surface area contributed by atoms with Gasteiger partial charge in [0.1, 0.15) is 11.0 Å². The summed E-state index contributed by atoms with van der Waals surface area (Å²) >= 11 is 1.11. The number of phenolic OH excluding ortho intramolecular Hbond substituents is 1. The fraction of sp³-hybridized carbons (Fsp3) is 0.214. The van der Waals surface area contributed by atoms with Crippen LogP contribution in [0.1, 0.15) is 6.42 Å². The molecule has 1 aromatic carbocycles. The van der Waals surface area contributed by atoms with Gasteiger partial charge in [-0.15, -0.1) is 6.58 Å². The number of amides is 1. The van der Waals surface area contributed by atoms with Crippen LogP contribution >= 0.6 is 11.8 Å². The number of carboxylic acids is 1. The van der Waals surface area contributed by atoms with Crippen molar-refractivity contribution in [3.8, 4) is 5.75 Å². The topological polar surface area (TPSA) is 90.2 Å². The maximum absolute atomic E-state index is 12.2. The molecule has 1 fully saturated rings. The Labute approximate surface area is 125 Å². The van der Waals surface area contributed by atoms with Crippen LogP contribution < -0.4 is 0 Å². The monoisotopic (exact) mass is 306 g/mol. The number of thioether (sulfide) groups is 1. The summed E-state index contributed by atoms with van der Waals surface area (Å²) in [6.45, 7) is 3.85. The van der Waals surface area contributed by atoms with E-state index in [0.29, 0.717) is 10.9 Å². The van der Waals surface area contributed by atoms with Crippen molar-refractivity contribution in [3.05, 3.63) is 36.9 Å². The molecule has 0 radical (unpaired) electrons. The highest BCUT2D eigenvalue weighted by atomic mass is 32.2. The summed E-state index contributed by atoms with van der Waals surface area (Å²) < 4.78 is 0. The van der Waals surface area contributed by atoms with Gasteiger partial charge in [0.05, 0.1) is 12.1 Å². The largest absolute Gasteiger partial charge is 0.508 e. The van der Waals surface area contributed by atoms with Gasteiger partial charge in [0.2, 0.25) is 5.91 Å². The summed E-state index contributed by atoms with van der Waals surface area (Å²) in [6.07, 6.45) is 1.30. The van der Waals surface area contributed by atoms with Gasteiger partial charge in [-0.3, -0.25) is 14.5 Å². The number of hydrogen-bond acceptors (Lipinski definition) is 5. The number of carboxylic acid groups (broad SMARTS) is 1. The fourth-order valence-corrected chi connectivity index (χ4v) is 3.01. The van der Waals surface area contributed by atoms with Crippen molar-refractivity contribution in [2.45, 2.75) is 11.7 Å². The Kier molecular flexibility index (Phi) is 4.64. The van der Waals surface area contributed by atoms with Crippen molar-refractivity contribution in [2.24, 2.45) is 4.99 Å². The summed E-state index contributed by atoms with van der Waals surface area (Å²) in [4.78, 5) is 28.7. The molecule has 110 valence electrons. The number of hydrogen-bond donors (Lipinski definition) is 2. The minimum atomic E-state index is -1.03. The molecule has 1 saturated heterocycles. The lowest BCUT2D eigenvalue weighted by atomic mass is 10.2. The Balaban J connectivity index is 2.29. The first-order valence-corrected chi connectivity index (χ1v) is 7.07. The van der Waals surface area contributed by atoms with Crippen LogP contribution in [0.3, 0.4) is 0 Å². The van der Waals surface area contributed by atoms with E-state index >= 15 is 0 Å². The van der Waals surface area contributed by atoms with Gasteiger partial charge in [0, 0.05) is 12.6 Å². The van der Waals surface area contributed by atoms with Gasteiger partial charge in [0.25, 0.3) is 0 Å². The molecule has 1 unspecified atom stereocenters. The smallest absolute Gasteiger partial charge is 0.305 e. The highest BCUT2D eigenvalue weighted by Gasteiger charge is 2.38. The van der Waals surface area contributed by atoms with Crippen molar-refractivity contribution in [1.82, 2.24) is 4.90 Å². The van der Waals surface area contributed by atoms with Crippen LogP contribution in [0.25, 0.3) is 0 Å². The van der Waals surface area contributed by atoms with Gasteiger partial charge in [-0.1, -0.05) is 23.9 Å². The van der Waals surface area contributed by atoms with Crippen LogP contribution in [-0.2, 0) is 9.59 Å². The first kappa shape index (κ1) is 15.1. The predicted molar refractivity (Wildman–Crippen MR) is 80.7 cm³/mol. The number of phenols is 1. The van der Waals surface area contributed by atoms with E-state index in [1.807, 2.05) is 0 Å². The summed E-state index contributed by atoms with van der Waals surface area (Å²) in [5, 5.41) is 18.0. The maximum atomic E-state index is 12.2. The molecule has 1 heterocycles. The molecule has 6 nitrogen and oxygen atoms in total. The summed E-state index contributed by atoms with van der Waals surface area (Å²) in [5.41, 5.74) is 0.496. The Bertz CT molecular complexity index is 615. The van der Waals surface area contributed by atoms with Crippen molar-refractivity contribution >= 4 is 34.5 Å². The maximum Gasteiger partial charge on any atom is 0.305 e. The van der Waals surface area contributed by atoms with Crippen molar-refractivity contribution in [2.75, 3.05) is 6.54 Å². The molecule has 1 aliphatic heterocycles. The van der Waals surface area contributed by atoms with Crippen molar-refractivity contribution in [3.63, 3.8) is 0 Å². The second kappa shape index (κ2) is 6.45. The first-order valence-electron chi connectivity index (χ1n) is 6.19. The Morgan fingerprint density at radius 2 is 2.29 bits per heavy atom. The van der Waals surface area contributed by atoms with E-state index in [1.54, 1.807) is 18.2 Å². The van der Waals surface area contributed by atoms with E-state index in [-0.39, 0.29) is 24.6 Å². The highest BCUT2D eigenvalue weighted by molar-refractivity contribution is 8.15. The standard InChI is InChI=1S/C14H14N2O4S/c1-2-6-16-13(20)11(8-12(18)19)21-14(16)15-9-4-3-5-10(17)7-9/h2-5,7,11,17H,1,6,8H2,(H,18,19). The molecule has 1 aliphatic rings. The molecule has 1 atom stereocenters. The molecule has 2 N–H and O–H groups in total. The number of aliphatic imine (C=N–C) groups is 1. The number of aliphatic carboxylic acids is 1. The molecule has 0 aromatic heterocycles. The Hall–Kier alpha value is -2.28. The third-order valence-electron chi connectivity index (χ3n) is 2.75. The minimum Gasteiger partial charge on any atom is -0.508 e. The van der Waals surface area contributed by atoms with E-state index in [0.717, 1.165) is 11.8 Å². The van der Waals surface area contributed by atoms with Crippen LogP contribution in [0.15, 0.2) is 41.9 Å². The number of rotatable bonds is 5. The number of carbonyl (C=O) groups excluding carboxylic acids is 1. The zero-order valence-electron chi connectivity index (χ0n) is 11.1. The van der Waals surface area contributed by atoms with Crippen molar-refractivity contribution in [1.29, 1.82) is 0 Å². The Morgan fingerprint density at radius 3 is 2.90 bits per heavy atom. The second-order valence-corrected chi connectivity index (χ2v) is 5.53. The van der Waals surface area contributed by atoms with E-state index in [1.165, 1.54) is 17.0 Å². The average molecular weight is 306 g/mol. The van der Waals surface area contributed by atoms with Gasteiger partial charge < -0.3 is 10.2 Å². The van der Waals surface area contributed by atoms with Crippen molar-refractivity contribution < 1.29 is 19.8 Å². The molecule has 0 spiro atoms. The lowest BCUT2D eigenvalue weighted by Gasteiger charge is -2.13. The Morgan fingerprint density at radius 1 is 1.52 bits per heavy atom. The molecule has 0 saturated carbocycles.